The molecule has 0 aromatic rings. The predicted octanol–water partition coefficient (Wildman–Crippen LogP) is 4.92. The van der Waals surface area contributed by atoms with Crippen molar-refractivity contribution in [1.29, 1.82) is 0 Å². The highest BCUT2D eigenvalue weighted by atomic mass is 15.1. The van der Waals surface area contributed by atoms with Crippen molar-refractivity contribution in [3.8, 4) is 0 Å². The molecule has 25 heavy (non-hydrogen) atoms. The summed E-state index contributed by atoms with van der Waals surface area (Å²) < 4.78 is 0. The molecule has 0 amide bonds. The average Bonchev–Trinajstić information content (AvgIpc) is 2.92. The Balaban J connectivity index is 1.58. The molecule has 0 spiro atoms. The van der Waals surface area contributed by atoms with E-state index in [0.29, 0.717) is 16.9 Å². The fourth-order valence-electron chi connectivity index (χ4n) is 8.48. The molecule has 0 aromatic heterocycles. The van der Waals surface area contributed by atoms with Gasteiger partial charge in [0.25, 0.3) is 0 Å². The normalized spacial score (nSPS) is 53.9. The summed E-state index contributed by atoms with van der Waals surface area (Å²) in [4.78, 5) is 2.48. The van der Waals surface area contributed by atoms with Crippen LogP contribution < -0.4 is 5.73 Å². The summed E-state index contributed by atoms with van der Waals surface area (Å²) in [6.45, 7) is 7.82. The van der Waals surface area contributed by atoms with Crippen molar-refractivity contribution in [2.45, 2.75) is 90.6 Å². The lowest BCUT2D eigenvalue weighted by molar-refractivity contribution is -0.116. The zero-order chi connectivity index (χ0) is 18.0. The SMILES string of the molecule is C[C@H]([C@H]1CC[C@H]2[C@@H]3CC[C@H]4C[C@@H](N)CC[C@]4(C)[C@H]3CC[C@]12C)N(C)C. The van der Waals surface area contributed by atoms with Crippen LogP contribution in [-0.4, -0.2) is 31.1 Å². The van der Waals surface area contributed by atoms with Crippen molar-refractivity contribution in [3.63, 3.8) is 0 Å². The summed E-state index contributed by atoms with van der Waals surface area (Å²) in [6.07, 6.45) is 12.9. The van der Waals surface area contributed by atoms with E-state index in [0.717, 1.165) is 35.6 Å². The van der Waals surface area contributed by atoms with Crippen molar-refractivity contribution in [3.05, 3.63) is 0 Å². The topological polar surface area (TPSA) is 29.3 Å². The number of rotatable bonds is 2. The molecule has 4 rings (SSSR count). The van der Waals surface area contributed by atoms with Crippen LogP contribution in [0, 0.1) is 40.4 Å². The van der Waals surface area contributed by atoms with Crippen molar-refractivity contribution in [1.82, 2.24) is 4.90 Å². The van der Waals surface area contributed by atoms with Gasteiger partial charge in [0.1, 0.15) is 0 Å². The molecule has 2 heteroatoms. The minimum atomic E-state index is 0.486. The molecule has 0 radical (unpaired) electrons. The lowest BCUT2D eigenvalue weighted by atomic mass is 9.44. The van der Waals surface area contributed by atoms with Gasteiger partial charge in [-0.25, -0.2) is 0 Å². The number of hydrogen-bond donors (Lipinski definition) is 1. The van der Waals surface area contributed by atoms with Gasteiger partial charge in [-0.2, -0.15) is 0 Å². The molecule has 0 aromatic carbocycles. The monoisotopic (exact) mass is 346 g/mol. The Bertz CT molecular complexity index is 502. The molecule has 4 fully saturated rings. The smallest absolute Gasteiger partial charge is 0.00944 e. The van der Waals surface area contributed by atoms with Gasteiger partial charge in [0.05, 0.1) is 0 Å². The first-order chi connectivity index (χ1) is 11.8. The summed E-state index contributed by atoms with van der Waals surface area (Å²) >= 11 is 0. The summed E-state index contributed by atoms with van der Waals surface area (Å²) in [5.41, 5.74) is 7.55. The molecule has 2 nitrogen and oxygen atoms in total. The van der Waals surface area contributed by atoms with E-state index in [2.05, 4.69) is 39.8 Å². The molecule has 2 N–H and O–H groups in total. The van der Waals surface area contributed by atoms with Gasteiger partial charge >= 0.3 is 0 Å². The summed E-state index contributed by atoms with van der Waals surface area (Å²) in [5.74, 6) is 4.81. The highest BCUT2D eigenvalue weighted by Crippen LogP contribution is 2.67. The van der Waals surface area contributed by atoms with E-state index in [9.17, 15) is 0 Å². The third kappa shape index (κ3) is 2.64. The van der Waals surface area contributed by atoms with E-state index in [1.54, 1.807) is 0 Å². The van der Waals surface area contributed by atoms with Crippen molar-refractivity contribution < 1.29 is 0 Å². The molecule has 4 aliphatic rings. The second-order valence-corrected chi connectivity index (χ2v) is 11.1. The van der Waals surface area contributed by atoms with Crippen molar-refractivity contribution in [2.75, 3.05) is 14.1 Å². The van der Waals surface area contributed by atoms with Crippen LogP contribution in [-0.2, 0) is 0 Å². The zero-order valence-electron chi connectivity index (χ0n) is 17.4. The van der Waals surface area contributed by atoms with Crippen LogP contribution in [0.5, 0.6) is 0 Å². The third-order valence-electron chi connectivity index (χ3n) is 10.2. The van der Waals surface area contributed by atoms with Crippen LogP contribution in [0.4, 0.5) is 0 Å². The fraction of sp³-hybridized carbons (Fsp3) is 1.00. The summed E-state index contributed by atoms with van der Waals surface area (Å²) in [7, 11) is 4.56. The molecule has 144 valence electrons. The maximum Gasteiger partial charge on any atom is 0.00944 e. The first-order valence-corrected chi connectivity index (χ1v) is 11.2. The van der Waals surface area contributed by atoms with Crippen LogP contribution >= 0.6 is 0 Å². The average molecular weight is 347 g/mol. The van der Waals surface area contributed by atoms with Gasteiger partial charge in [-0.05, 0) is 119 Å². The van der Waals surface area contributed by atoms with E-state index in [1.807, 2.05) is 0 Å². The Kier molecular flexibility index (Phi) is 4.56. The largest absolute Gasteiger partial charge is 0.328 e. The van der Waals surface area contributed by atoms with Gasteiger partial charge < -0.3 is 10.6 Å². The van der Waals surface area contributed by atoms with Crippen LogP contribution in [0.2, 0.25) is 0 Å². The lowest BCUT2D eigenvalue weighted by Crippen LogP contribution is -2.55. The molecule has 4 saturated carbocycles. The van der Waals surface area contributed by atoms with Gasteiger partial charge in [-0.3, -0.25) is 0 Å². The fourth-order valence-corrected chi connectivity index (χ4v) is 8.48. The zero-order valence-corrected chi connectivity index (χ0v) is 17.4. The second kappa shape index (κ2) is 6.23. The van der Waals surface area contributed by atoms with Crippen LogP contribution in [0.15, 0.2) is 0 Å². The van der Waals surface area contributed by atoms with Crippen molar-refractivity contribution in [2.24, 2.45) is 46.2 Å². The van der Waals surface area contributed by atoms with Crippen molar-refractivity contribution >= 4 is 0 Å². The molecular formula is C23H42N2. The number of hydrogen-bond acceptors (Lipinski definition) is 2. The highest BCUT2D eigenvalue weighted by Gasteiger charge is 2.60. The molecule has 0 bridgehead atoms. The van der Waals surface area contributed by atoms with Crippen LogP contribution in [0.25, 0.3) is 0 Å². The summed E-state index contributed by atoms with van der Waals surface area (Å²) in [6, 6.07) is 1.21. The number of nitrogens with two attached hydrogens (primary N) is 1. The molecule has 0 aliphatic heterocycles. The van der Waals surface area contributed by atoms with Gasteiger partial charge in [0.2, 0.25) is 0 Å². The Hall–Kier alpha value is -0.0800. The molecule has 9 atom stereocenters. The Morgan fingerprint density at radius 1 is 0.880 bits per heavy atom. The molecule has 0 heterocycles. The third-order valence-corrected chi connectivity index (χ3v) is 10.2. The molecule has 0 unspecified atom stereocenters. The van der Waals surface area contributed by atoms with Gasteiger partial charge in [-0.1, -0.05) is 13.8 Å². The minimum absolute atomic E-state index is 0.486. The first kappa shape index (κ1) is 18.3. The summed E-state index contributed by atoms with van der Waals surface area (Å²) in [5, 5.41) is 0. The molecule has 4 aliphatic carbocycles. The van der Waals surface area contributed by atoms with E-state index >= 15 is 0 Å². The van der Waals surface area contributed by atoms with Crippen LogP contribution in [0.3, 0.4) is 0 Å². The maximum absolute atomic E-state index is 6.35. The quantitative estimate of drug-likeness (QED) is 0.768. The van der Waals surface area contributed by atoms with Crippen LogP contribution in [0.1, 0.15) is 78.6 Å². The van der Waals surface area contributed by atoms with E-state index < -0.39 is 0 Å². The Morgan fingerprint density at radius 3 is 2.28 bits per heavy atom. The predicted molar refractivity (Wildman–Crippen MR) is 106 cm³/mol. The highest BCUT2D eigenvalue weighted by molar-refractivity contribution is 5.10. The Labute approximate surface area is 156 Å². The van der Waals surface area contributed by atoms with E-state index in [1.165, 1.54) is 57.8 Å². The van der Waals surface area contributed by atoms with Gasteiger partial charge in [0, 0.05) is 12.1 Å². The van der Waals surface area contributed by atoms with E-state index in [-0.39, 0.29) is 0 Å². The molecule has 0 saturated heterocycles. The lowest BCUT2D eigenvalue weighted by Gasteiger charge is -2.61. The molecular weight excluding hydrogens is 304 g/mol. The Morgan fingerprint density at radius 2 is 1.56 bits per heavy atom. The number of fused-ring (bicyclic) bond motifs is 5. The maximum atomic E-state index is 6.35. The minimum Gasteiger partial charge on any atom is -0.328 e. The van der Waals surface area contributed by atoms with Gasteiger partial charge in [0.15, 0.2) is 0 Å². The second-order valence-electron chi connectivity index (χ2n) is 11.1. The van der Waals surface area contributed by atoms with Gasteiger partial charge in [-0.15, -0.1) is 0 Å². The first-order valence-electron chi connectivity index (χ1n) is 11.2. The van der Waals surface area contributed by atoms with E-state index in [4.69, 9.17) is 5.73 Å². The standard InChI is InChI=1S/C23H42N2/c1-15(25(4)5)19-8-9-20-18-7-6-16-14-17(24)10-12-22(16,2)21(18)11-13-23(19,20)3/h15-21H,6-14,24H2,1-5H3/t15-,16+,17+,18+,19-,20+,21+,22+,23-/m1/s1. The number of nitrogens with zero attached hydrogens (tertiary/aromatic N) is 1.